The van der Waals surface area contributed by atoms with Crippen LogP contribution in [0.1, 0.15) is 56.5 Å². The molecule has 0 fully saturated rings. The Morgan fingerprint density at radius 2 is 1.81 bits per heavy atom. The summed E-state index contributed by atoms with van der Waals surface area (Å²) in [6.07, 6.45) is -3.32. The molecule has 0 aromatic heterocycles. The maximum absolute atomic E-state index is 12.6. The molecule has 0 saturated heterocycles. The minimum absolute atomic E-state index is 0.101. The second-order valence-corrected chi connectivity index (χ2v) is 7.10. The molecule has 0 aliphatic carbocycles. The summed E-state index contributed by atoms with van der Waals surface area (Å²) in [6.45, 7) is 8.21. The van der Waals surface area contributed by atoms with Crippen molar-refractivity contribution in [3.63, 3.8) is 0 Å². The highest BCUT2D eigenvalue weighted by molar-refractivity contribution is 6.34. The van der Waals surface area contributed by atoms with Gasteiger partial charge < -0.3 is 0 Å². The van der Waals surface area contributed by atoms with Crippen molar-refractivity contribution < 1.29 is 18.0 Å². The number of alkyl halides is 3. The lowest BCUT2D eigenvalue weighted by molar-refractivity contribution is -0.137. The molecule has 0 aliphatic heterocycles. The van der Waals surface area contributed by atoms with Gasteiger partial charge in [0.2, 0.25) is 0 Å². The standard InChI is InChI=1S/C16H20ClF3O/c1-10(9-15(2,3)4)7-14(21)12-6-5-11(8-13(12)17)16(18,19)20/h5-6,8,10H,7,9H2,1-4H3. The van der Waals surface area contributed by atoms with Gasteiger partial charge >= 0.3 is 6.18 Å². The highest BCUT2D eigenvalue weighted by Crippen LogP contribution is 2.33. The van der Waals surface area contributed by atoms with Gasteiger partial charge in [-0.05, 0) is 36.0 Å². The summed E-state index contributed by atoms with van der Waals surface area (Å²) < 4.78 is 37.7. The van der Waals surface area contributed by atoms with Gasteiger partial charge in [-0.1, -0.05) is 39.3 Å². The lowest BCUT2D eigenvalue weighted by Crippen LogP contribution is -2.15. The Morgan fingerprint density at radius 3 is 2.24 bits per heavy atom. The number of ketones is 1. The minimum Gasteiger partial charge on any atom is -0.294 e. The van der Waals surface area contributed by atoms with Crippen LogP contribution in [-0.4, -0.2) is 5.78 Å². The van der Waals surface area contributed by atoms with Crippen molar-refractivity contribution in [3.05, 3.63) is 34.3 Å². The van der Waals surface area contributed by atoms with Gasteiger partial charge in [-0.2, -0.15) is 13.2 Å². The van der Waals surface area contributed by atoms with Crippen molar-refractivity contribution in [3.8, 4) is 0 Å². The lowest BCUT2D eigenvalue weighted by Gasteiger charge is -2.22. The molecule has 1 unspecified atom stereocenters. The molecule has 1 atom stereocenters. The van der Waals surface area contributed by atoms with Crippen molar-refractivity contribution >= 4 is 17.4 Å². The zero-order chi connectivity index (χ0) is 16.4. The molecular weight excluding hydrogens is 301 g/mol. The van der Waals surface area contributed by atoms with Crippen LogP contribution < -0.4 is 0 Å². The molecule has 5 heteroatoms. The summed E-state index contributed by atoms with van der Waals surface area (Å²) >= 11 is 5.83. The number of halogens is 4. The Morgan fingerprint density at radius 1 is 1.24 bits per heavy atom. The van der Waals surface area contributed by atoms with E-state index in [0.29, 0.717) is 0 Å². The number of rotatable bonds is 4. The van der Waals surface area contributed by atoms with Gasteiger partial charge in [0, 0.05) is 12.0 Å². The van der Waals surface area contributed by atoms with Gasteiger partial charge in [-0.25, -0.2) is 0 Å². The third-order valence-corrected chi connectivity index (χ3v) is 3.40. The van der Waals surface area contributed by atoms with E-state index < -0.39 is 11.7 Å². The van der Waals surface area contributed by atoms with Gasteiger partial charge in [-0.15, -0.1) is 0 Å². The third-order valence-electron chi connectivity index (χ3n) is 3.09. The van der Waals surface area contributed by atoms with E-state index in [0.717, 1.165) is 24.6 Å². The van der Waals surface area contributed by atoms with Gasteiger partial charge in [-0.3, -0.25) is 4.79 Å². The zero-order valence-corrected chi connectivity index (χ0v) is 13.4. The van der Waals surface area contributed by atoms with Crippen molar-refractivity contribution in [2.24, 2.45) is 11.3 Å². The molecule has 1 aromatic rings. The van der Waals surface area contributed by atoms with Crippen LogP contribution in [0.15, 0.2) is 18.2 Å². The van der Waals surface area contributed by atoms with E-state index >= 15 is 0 Å². The van der Waals surface area contributed by atoms with E-state index in [2.05, 4.69) is 20.8 Å². The van der Waals surface area contributed by atoms with E-state index in [-0.39, 0.29) is 34.1 Å². The molecule has 1 rings (SSSR count). The van der Waals surface area contributed by atoms with Crippen molar-refractivity contribution in [2.75, 3.05) is 0 Å². The van der Waals surface area contributed by atoms with Crippen molar-refractivity contribution in [1.82, 2.24) is 0 Å². The fourth-order valence-corrected chi connectivity index (χ4v) is 2.75. The second-order valence-electron chi connectivity index (χ2n) is 6.69. The average Bonchev–Trinajstić information content (AvgIpc) is 2.24. The molecular formula is C16H20ClF3O. The molecule has 0 amide bonds. The smallest absolute Gasteiger partial charge is 0.294 e. The topological polar surface area (TPSA) is 17.1 Å². The number of benzene rings is 1. The number of carbonyl (C=O) groups excluding carboxylic acids is 1. The van der Waals surface area contributed by atoms with Crippen LogP contribution in [0, 0.1) is 11.3 Å². The van der Waals surface area contributed by atoms with Crippen molar-refractivity contribution in [2.45, 2.75) is 46.7 Å². The van der Waals surface area contributed by atoms with Crippen LogP contribution >= 0.6 is 11.6 Å². The first-order valence-corrected chi connectivity index (χ1v) is 7.18. The van der Waals surface area contributed by atoms with Crippen LogP contribution in [0.25, 0.3) is 0 Å². The van der Waals surface area contributed by atoms with E-state index in [1.807, 2.05) is 6.92 Å². The highest BCUT2D eigenvalue weighted by atomic mass is 35.5. The van der Waals surface area contributed by atoms with Crippen LogP contribution in [0.2, 0.25) is 5.02 Å². The molecule has 0 heterocycles. The molecule has 0 N–H and O–H groups in total. The summed E-state index contributed by atoms with van der Waals surface area (Å²) in [4.78, 5) is 12.2. The van der Waals surface area contributed by atoms with Crippen LogP contribution in [0.3, 0.4) is 0 Å². The molecule has 21 heavy (non-hydrogen) atoms. The lowest BCUT2D eigenvalue weighted by atomic mass is 9.83. The third kappa shape index (κ3) is 5.70. The molecule has 0 radical (unpaired) electrons. The Bertz CT molecular complexity index is 515. The molecule has 0 aliphatic rings. The Balaban J connectivity index is 2.85. The molecule has 1 aromatic carbocycles. The average molecular weight is 321 g/mol. The molecule has 0 saturated carbocycles. The first-order valence-electron chi connectivity index (χ1n) is 6.80. The summed E-state index contributed by atoms with van der Waals surface area (Å²) in [6, 6.07) is 2.87. The fraction of sp³-hybridized carbons (Fsp3) is 0.562. The first kappa shape index (κ1) is 18.0. The summed E-state index contributed by atoms with van der Waals surface area (Å²) in [5.41, 5.74) is -0.582. The molecule has 118 valence electrons. The summed E-state index contributed by atoms with van der Waals surface area (Å²) in [5.74, 6) is -0.0682. The van der Waals surface area contributed by atoms with E-state index in [4.69, 9.17) is 11.6 Å². The van der Waals surface area contributed by atoms with Gasteiger partial charge in [0.1, 0.15) is 0 Å². The number of Topliss-reactive ketones (excluding diaryl/α,β-unsaturated/α-hetero) is 1. The van der Waals surface area contributed by atoms with Gasteiger partial charge in [0.05, 0.1) is 10.6 Å². The van der Waals surface area contributed by atoms with Gasteiger partial charge in [0.25, 0.3) is 0 Å². The Kier molecular flexibility index (Phi) is 5.48. The SMILES string of the molecule is CC(CC(=O)c1ccc(C(F)(F)F)cc1Cl)CC(C)(C)C. The predicted molar refractivity (Wildman–Crippen MR) is 78.6 cm³/mol. The van der Waals surface area contributed by atoms with E-state index in [1.165, 1.54) is 0 Å². The summed E-state index contributed by atoms with van der Waals surface area (Å²) in [5, 5.41) is -0.141. The van der Waals surface area contributed by atoms with Crippen molar-refractivity contribution in [1.29, 1.82) is 0 Å². The quantitative estimate of drug-likeness (QED) is 0.621. The first-order chi connectivity index (χ1) is 9.40. The molecule has 0 spiro atoms. The maximum atomic E-state index is 12.6. The summed E-state index contributed by atoms with van der Waals surface area (Å²) in [7, 11) is 0. The van der Waals surface area contributed by atoms with E-state index in [1.54, 1.807) is 0 Å². The maximum Gasteiger partial charge on any atom is 0.416 e. The van der Waals surface area contributed by atoms with Gasteiger partial charge in [0.15, 0.2) is 5.78 Å². The number of carbonyl (C=O) groups is 1. The minimum atomic E-state index is -4.45. The number of hydrogen-bond acceptors (Lipinski definition) is 1. The number of hydrogen-bond donors (Lipinski definition) is 0. The fourth-order valence-electron chi connectivity index (χ4n) is 2.46. The monoisotopic (exact) mass is 320 g/mol. The Hall–Kier alpha value is -1.03. The second kappa shape index (κ2) is 6.39. The Labute approximate surface area is 128 Å². The van der Waals surface area contributed by atoms with Crippen LogP contribution in [-0.2, 0) is 6.18 Å². The normalized spacial score (nSPS) is 14.1. The van der Waals surface area contributed by atoms with Crippen LogP contribution in [0.5, 0.6) is 0 Å². The molecule has 1 nitrogen and oxygen atoms in total. The zero-order valence-electron chi connectivity index (χ0n) is 12.6. The van der Waals surface area contributed by atoms with Crippen LogP contribution in [0.4, 0.5) is 13.2 Å². The van der Waals surface area contributed by atoms with E-state index in [9.17, 15) is 18.0 Å². The predicted octanol–water partition coefficient (Wildman–Crippen LogP) is 6.00. The highest BCUT2D eigenvalue weighted by Gasteiger charge is 2.31. The molecule has 0 bridgehead atoms. The largest absolute Gasteiger partial charge is 0.416 e.